The lowest BCUT2D eigenvalue weighted by atomic mass is 10.3. The fourth-order valence-corrected chi connectivity index (χ4v) is 1.28. The van der Waals surface area contributed by atoms with Crippen LogP contribution in [-0.2, 0) is 0 Å². The molecule has 0 aliphatic heterocycles. The van der Waals surface area contributed by atoms with Crippen LogP contribution in [-0.4, -0.2) is 15.0 Å². The first-order chi connectivity index (χ1) is 6.86. The average Bonchev–Trinajstić information content (AvgIpc) is 2.72. The Labute approximate surface area is 82.4 Å². The Morgan fingerprint density at radius 2 is 2.07 bits per heavy atom. The van der Waals surface area contributed by atoms with Crippen molar-refractivity contribution in [2.45, 2.75) is 13.0 Å². The second-order valence-corrected chi connectivity index (χ2v) is 3.08. The number of pyridine rings is 1. The lowest BCUT2D eigenvalue weighted by molar-refractivity contribution is 0.810. The average molecular weight is 188 g/mol. The number of imidazole rings is 1. The summed E-state index contributed by atoms with van der Waals surface area (Å²) in [5, 5.41) is 3.31. The third-order valence-corrected chi connectivity index (χ3v) is 1.99. The van der Waals surface area contributed by atoms with Crippen molar-refractivity contribution in [3.8, 4) is 0 Å². The molecule has 0 fully saturated rings. The number of nitrogens with one attached hydrogen (secondary N) is 2. The molecule has 0 aliphatic rings. The van der Waals surface area contributed by atoms with Gasteiger partial charge in [0.25, 0.3) is 0 Å². The van der Waals surface area contributed by atoms with Gasteiger partial charge in [-0.2, -0.15) is 0 Å². The van der Waals surface area contributed by atoms with Crippen LogP contribution in [0.3, 0.4) is 0 Å². The van der Waals surface area contributed by atoms with Gasteiger partial charge < -0.3 is 10.3 Å². The van der Waals surface area contributed by atoms with Crippen molar-refractivity contribution < 1.29 is 0 Å². The van der Waals surface area contributed by atoms with E-state index in [9.17, 15) is 0 Å². The Hall–Kier alpha value is -1.84. The standard InChI is InChI=1S/C10H12N4/c1-8(10-12-6-7-13-10)14-9-2-4-11-5-3-9/h2-8H,1H3,(H,11,14)(H,12,13). The van der Waals surface area contributed by atoms with Gasteiger partial charge in [0.1, 0.15) is 5.82 Å². The Morgan fingerprint density at radius 3 is 2.71 bits per heavy atom. The summed E-state index contributed by atoms with van der Waals surface area (Å²) >= 11 is 0. The smallest absolute Gasteiger partial charge is 0.128 e. The van der Waals surface area contributed by atoms with Crippen LogP contribution in [0.5, 0.6) is 0 Å². The van der Waals surface area contributed by atoms with E-state index in [4.69, 9.17) is 0 Å². The van der Waals surface area contributed by atoms with Crippen LogP contribution in [0.25, 0.3) is 0 Å². The number of nitrogens with zero attached hydrogens (tertiary/aromatic N) is 2. The third kappa shape index (κ3) is 1.90. The van der Waals surface area contributed by atoms with Crippen molar-refractivity contribution in [2.24, 2.45) is 0 Å². The van der Waals surface area contributed by atoms with E-state index >= 15 is 0 Å². The summed E-state index contributed by atoms with van der Waals surface area (Å²) in [5.41, 5.74) is 1.05. The van der Waals surface area contributed by atoms with E-state index in [2.05, 4.69) is 27.2 Å². The third-order valence-electron chi connectivity index (χ3n) is 1.99. The van der Waals surface area contributed by atoms with E-state index < -0.39 is 0 Å². The highest BCUT2D eigenvalue weighted by atomic mass is 15.0. The molecule has 2 rings (SSSR count). The highest BCUT2D eigenvalue weighted by Gasteiger charge is 2.05. The molecule has 0 aliphatic carbocycles. The Bertz CT molecular complexity index is 368. The van der Waals surface area contributed by atoms with Crippen LogP contribution in [0.1, 0.15) is 18.8 Å². The molecule has 4 heteroatoms. The number of aromatic nitrogens is 3. The minimum Gasteiger partial charge on any atom is -0.375 e. The first kappa shape index (κ1) is 8.74. The lowest BCUT2D eigenvalue weighted by Gasteiger charge is -2.12. The van der Waals surface area contributed by atoms with Gasteiger partial charge in [0, 0.05) is 30.5 Å². The van der Waals surface area contributed by atoms with Crippen molar-refractivity contribution >= 4 is 5.69 Å². The zero-order valence-corrected chi connectivity index (χ0v) is 7.94. The molecular weight excluding hydrogens is 176 g/mol. The molecule has 0 saturated carbocycles. The predicted octanol–water partition coefficient (Wildman–Crippen LogP) is 1.98. The molecule has 14 heavy (non-hydrogen) atoms. The topological polar surface area (TPSA) is 53.6 Å². The number of anilines is 1. The largest absolute Gasteiger partial charge is 0.375 e. The van der Waals surface area contributed by atoms with Gasteiger partial charge in [0.15, 0.2) is 0 Å². The number of hydrogen-bond donors (Lipinski definition) is 2. The van der Waals surface area contributed by atoms with Gasteiger partial charge in [-0.3, -0.25) is 4.98 Å². The molecule has 0 radical (unpaired) electrons. The summed E-state index contributed by atoms with van der Waals surface area (Å²) in [6.45, 7) is 2.05. The number of hydrogen-bond acceptors (Lipinski definition) is 3. The van der Waals surface area contributed by atoms with Gasteiger partial charge in [-0.05, 0) is 19.1 Å². The van der Waals surface area contributed by atoms with E-state index in [1.165, 1.54) is 0 Å². The number of H-pyrrole nitrogens is 1. The normalized spacial score (nSPS) is 12.4. The van der Waals surface area contributed by atoms with Crippen LogP contribution in [0.15, 0.2) is 36.9 Å². The first-order valence-electron chi connectivity index (χ1n) is 4.52. The maximum Gasteiger partial charge on any atom is 0.128 e. The fourth-order valence-electron chi connectivity index (χ4n) is 1.28. The van der Waals surface area contributed by atoms with Gasteiger partial charge in [0.05, 0.1) is 6.04 Å². The molecule has 0 aromatic carbocycles. The summed E-state index contributed by atoms with van der Waals surface area (Å²) in [6.07, 6.45) is 7.09. The summed E-state index contributed by atoms with van der Waals surface area (Å²) in [7, 11) is 0. The van der Waals surface area contributed by atoms with Crippen LogP contribution in [0.4, 0.5) is 5.69 Å². The second-order valence-electron chi connectivity index (χ2n) is 3.08. The van der Waals surface area contributed by atoms with Crippen LogP contribution >= 0.6 is 0 Å². The molecule has 1 unspecified atom stereocenters. The molecule has 2 N–H and O–H groups in total. The fraction of sp³-hybridized carbons (Fsp3) is 0.200. The highest BCUT2D eigenvalue weighted by Crippen LogP contribution is 2.14. The van der Waals surface area contributed by atoms with Crippen molar-refractivity contribution in [3.05, 3.63) is 42.7 Å². The van der Waals surface area contributed by atoms with E-state index in [1.807, 2.05) is 18.3 Å². The first-order valence-corrected chi connectivity index (χ1v) is 4.52. The van der Waals surface area contributed by atoms with Crippen LogP contribution < -0.4 is 5.32 Å². The Morgan fingerprint density at radius 1 is 1.29 bits per heavy atom. The summed E-state index contributed by atoms with van der Waals surface area (Å²) in [4.78, 5) is 11.2. The van der Waals surface area contributed by atoms with Crippen molar-refractivity contribution in [2.75, 3.05) is 5.32 Å². The quantitative estimate of drug-likeness (QED) is 0.774. The van der Waals surface area contributed by atoms with Crippen molar-refractivity contribution in [1.29, 1.82) is 0 Å². The van der Waals surface area contributed by atoms with E-state index in [-0.39, 0.29) is 6.04 Å². The highest BCUT2D eigenvalue weighted by molar-refractivity contribution is 5.42. The summed E-state index contributed by atoms with van der Waals surface area (Å²) in [6, 6.07) is 4.03. The van der Waals surface area contributed by atoms with E-state index in [0.717, 1.165) is 11.5 Å². The van der Waals surface area contributed by atoms with Gasteiger partial charge in [-0.1, -0.05) is 0 Å². The van der Waals surface area contributed by atoms with Gasteiger partial charge in [-0.15, -0.1) is 0 Å². The molecule has 0 amide bonds. The number of aromatic amines is 1. The molecule has 2 aromatic heterocycles. The summed E-state index contributed by atoms with van der Waals surface area (Å²) in [5.74, 6) is 0.932. The zero-order chi connectivity index (χ0) is 9.80. The SMILES string of the molecule is CC(Nc1ccncc1)c1ncc[nH]1. The Balaban J connectivity index is 2.06. The molecule has 0 spiro atoms. The minimum atomic E-state index is 0.174. The van der Waals surface area contributed by atoms with Gasteiger partial charge in [0.2, 0.25) is 0 Å². The molecule has 1 atom stereocenters. The van der Waals surface area contributed by atoms with E-state index in [0.29, 0.717) is 0 Å². The number of rotatable bonds is 3. The maximum absolute atomic E-state index is 4.18. The maximum atomic E-state index is 4.18. The van der Waals surface area contributed by atoms with Crippen molar-refractivity contribution in [3.63, 3.8) is 0 Å². The molecule has 2 aromatic rings. The van der Waals surface area contributed by atoms with Crippen molar-refractivity contribution in [1.82, 2.24) is 15.0 Å². The van der Waals surface area contributed by atoms with Crippen LogP contribution in [0, 0.1) is 0 Å². The van der Waals surface area contributed by atoms with Crippen LogP contribution in [0.2, 0.25) is 0 Å². The molecule has 4 nitrogen and oxygen atoms in total. The molecule has 72 valence electrons. The molecule has 0 saturated heterocycles. The predicted molar refractivity (Wildman–Crippen MR) is 54.9 cm³/mol. The molecule has 0 bridgehead atoms. The Kier molecular flexibility index (Phi) is 2.44. The second kappa shape index (κ2) is 3.91. The van der Waals surface area contributed by atoms with E-state index in [1.54, 1.807) is 18.6 Å². The summed E-state index contributed by atoms with van der Waals surface area (Å²) < 4.78 is 0. The lowest BCUT2D eigenvalue weighted by Crippen LogP contribution is -2.08. The minimum absolute atomic E-state index is 0.174. The monoisotopic (exact) mass is 188 g/mol. The van der Waals surface area contributed by atoms with Gasteiger partial charge in [-0.25, -0.2) is 4.98 Å². The zero-order valence-electron chi connectivity index (χ0n) is 7.94. The van der Waals surface area contributed by atoms with Gasteiger partial charge >= 0.3 is 0 Å². The molecule has 2 heterocycles. The molecular formula is C10H12N4.